The van der Waals surface area contributed by atoms with Gasteiger partial charge >= 0.3 is 0 Å². The Morgan fingerprint density at radius 2 is 2.00 bits per heavy atom. The highest BCUT2D eigenvalue weighted by molar-refractivity contribution is 5.92. The van der Waals surface area contributed by atoms with E-state index in [4.69, 9.17) is 10.5 Å². The number of benzene rings is 1. The fraction of sp³-hybridized carbons (Fsp3) is 0.462. The largest absolute Gasteiger partial charge is 0.495 e. The maximum atomic E-state index is 11.6. The van der Waals surface area contributed by atoms with Crippen LogP contribution in [-0.2, 0) is 4.79 Å². The Bertz CT molecular complexity index is 414. The average molecular weight is 236 g/mol. The van der Waals surface area contributed by atoms with Crippen LogP contribution in [-0.4, -0.2) is 19.1 Å². The first-order chi connectivity index (χ1) is 7.93. The maximum absolute atomic E-state index is 11.6. The second-order valence-corrected chi connectivity index (χ2v) is 4.37. The highest BCUT2D eigenvalue weighted by Crippen LogP contribution is 2.28. The van der Waals surface area contributed by atoms with Gasteiger partial charge in [0, 0.05) is 12.5 Å². The van der Waals surface area contributed by atoms with Gasteiger partial charge in [-0.1, -0.05) is 0 Å². The molecule has 4 nitrogen and oxygen atoms in total. The van der Waals surface area contributed by atoms with Crippen molar-refractivity contribution in [2.24, 2.45) is 5.73 Å². The second kappa shape index (κ2) is 5.68. The van der Waals surface area contributed by atoms with Gasteiger partial charge in [-0.15, -0.1) is 0 Å². The molecule has 0 heterocycles. The van der Waals surface area contributed by atoms with Gasteiger partial charge in [-0.25, -0.2) is 0 Å². The molecule has 0 radical (unpaired) electrons. The lowest BCUT2D eigenvalue weighted by Crippen LogP contribution is -2.24. The summed E-state index contributed by atoms with van der Waals surface area (Å²) >= 11 is 0. The van der Waals surface area contributed by atoms with E-state index in [0.29, 0.717) is 17.9 Å². The smallest absolute Gasteiger partial charge is 0.226 e. The van der Waals surface area contributed by atoms with E-state index in [1.807, 2.05) is 26.0 Å². The summed E-state index contributed by atoms with van der Waals surface area (Å²) < 4.78 is 5.24. The maximum Gasteiger partial charge on any atom is 0.226 e. The van der Waals surface area contributed by atoms with E-state index in [0.717, 1.165) is 11.1 Å². The van der Waals surface area contributed by atoms with E-state index < -0.39 is 0 Å². The molecular weight excluding hydrogens is 216 g/mol. The molecule has 0 saturated carbocycles. The average Bonchev–Trinajstić information content (AvgIpc) is 2.21. The fourth-order valence-electron chi connectivity index (χ4n) is 1.55. The molecule has 0 bridgehead atoms. The van der Waals surface area contributed by atoms with Crippen molar-refractivity contribution < 1.29 is 9.53 Å². The number of amides is 1. The number of carbonyl (C=O) groups excluding carboxylic acids is 1. The highest BCUT2D eigenvalue weighted by atomic mass is 16.5. The number of anilines is 1. The van der Waals surface area contributed by atoms with Crippen LogP contribution in [0.1, 0.15) is 24.5 Å². The molecule has 1 rings (SSSR count). The Morgan fingerprint density at radius 3 is 2.53 bits per heavy atom. The van der Waals surface area contributed by atoms with Crippen molar-refractivity contribution in [2.75, 3.05) is 12.4 Å². The number of hydrogen-bond acceptors (Lipinski definition) is 3. The lowest BCUT2D eigenvalue weighted by molar-refractivity contribution is -0.116. The standard InChI is InChI=1S/C13H20N2O2/c1-8-5-11(12(17-4)6-9(8)2)15-13(16)7-10(3)14/h5-6,10H,7,14H2,1-4H3,(H,15,16). The van der Waals surface area contributed by atoms with Crippen LogP contribution in [0.4, 0.5) is 5.69 Å². The van der Waals surface area contributed by atoms with Crippen LogP contribution in [0.5, 0.6) is 5.75 Å². The number of nitrogens with one attached hydrogen (secondary N) is 1. The summed E-state index contributed by atoms with van der Waals surface area (Å²) in [5.41, 5.74) is 8.52. The molecule has 3 N–H and O–H groups in total. The van der Waals surface area contributed by atoms with Gasteiger partial charge in [-0.2, -0.15) is 0 Å². The molecule has 0 spiro atoms. The predicted molar refractivity (Wildman–Crippen MR) is 69.4 cm³/mol. The molecule has 1 atom stereocenters. The summed E-state index contributed by atoms with van der Waals surface area (Å²) in [5.74, 6) is 0.577. The summed E-state index contributed by atoms with van der Waals surface area (Å²) in [6.45, 7) is 5.80. The highest BCUT2D eigenvalue weighted by Gasteiger charge is 2.10. The predicted octanol–water partition coefficient (Wildman–Crippen LogP) is 1.99. The minimum absolute atomic E-state index is 0.0958. The summed E-state index contributed by atoms with van der Waals surface area (Å²) in [5, 5.41) is 2.82. The van der Waals surface area contributed by atoms with Crippen LogP contribution in [0.15, 0.2) is 12.1 Å². The van der Waals surface area contributed by atoms with Gasteiger partial charge in [0.25, 0.3) is 0 Å². The molecule has 1 aromatic carbocycles. The fourth-order valence-corrected chi connectivity index (χ4v) is 1.55. The summed E-state index contributed by atoms with van der Waals surface area (Å²) in [6.07, 6.45) is 0.302. The third-order valence-corrected chi connectivity index (χ3v) is 2.60. The van der Waals surface area contributed by atoms with Crippen LogP contribution < -0.4 is 15.8 Å². The van der Waals surface area contributed by atoms with E-state index in [1.165, 1.54) is 0 Å². The number of aryl methyl sites for hydroxylation is 2. The Labute approximate surface area is 102 Å². The van der Waals surface area contributed by atoms with Gasteiger partial charge < -0.3 is 15.8 Å². The van der Waals surface area contributed by atoms with E-state index in [2.05, 4.69) is 5.32 Å². The first-order valence-electron chi connectivity index (χ1n) is 5.64. The Balaban J connectivity index is 2.90. The first-order valence-corrected chi connectivity index (χ1v) is 5.64. The second-order valence-electron chi connectivity index (χ2n) is 4.37. The SMILES string of the molecule is COc1cc(C)c(C)cc1NC(=O)CC(C)N. The van der Waals surface area contributed by atoms with Crippen molar-refractivity contribution in [3.63, 3.8) is 0 Å². The van der Waals surface area contributed by atoms with Gasteiger partial charge in [-0.05, 0) is 44.0 Å². The van der Waals surface area contributed by atoms with Crippen LogP contribution in [0.2, 0.25) is 0 Å². The number of hydrogen-bond donors (Lipinski definition) is 2. The molecule has 1 unspecified atom stereocenters. The third-order valence-electron chi connectivity index (χ3n) is 2.60. The molecule has 17 heavy (non-hydrogen) atoms. The first kappa shape index (κ1) is 13.5. The molecule has 1 amide bonds. The lowest BCUT2D eigenvalue weighted by Gasteiger charge is -2.13. The molecule has 94 valence electrons. The summed E-state index contributed by atoms with van der Waals surface area (Å²) in [6, 6.07) is 3.68. The number of nitrogens with two attached hydrogens (primary N) is 1. The molecule has 4 heteroatoms. The molecule has 0 saturated heterocycles. The molecule has 0 aliphatic rings. The van der Waals surface area contributed by atoms with Gasteiger partial charge in [0.05, 0.1) is 12.8 Å². The molecule has 1 aromatic rings. The van der Waals surface area contributed by atoms with Crippen molar-refractivity contribution in [1.82, 2.24) is 0 Å². The van der Waals surface area contributed by atoms with Crippen LogP contribution in [0.25, 0.3) is 0 Å². The van der Waals surface area contributed by atoms with Crippen molar-refractivity contribution in [3.05, 3.63) is 23.3 Å². The van der Waals surface area contributed by atoms with Crippen molar-refractivity contribution >= 4 is 11.6 Å². The van der Waals surface area contributed by atoms with Crippen molar-refractivity contribution in [3.8, 4) is 5.75 Å². The van der Waals surface area contributed by atoms with E-state index >= 15 is 0 Å². The normalized spacial score (nSPS) is 12.1. The van der Waals surface area contributed by atoms with Gasteiger partial charge in [0.1, 0.15) is 5.75 Å². The zero-order chi connectivity index (χ0) is 13.0. The van der Waals surface area contributed by atoms with E-state index in [9.17, 15) is 4.79 Å². The topological polar surface area (TPSA) is 64.3 Å². The molecule has 0 aromatic heterocycles. The molecule has 0 fully saturated rings. The number of carbonyl (C=O) groups is 1. The Morgan fingerprint density at radius 1 is 1.41 bits per heavy atom. The molecular formula is C13H20N2O2. The van der Waals surface area contributed by atoms with E-state index in [-0.39, 0.29) is 11.9 Å². The van der Waals surface area contributed by atoms with E-state index in [1.54, 1.807) is 14.0 Å². The van der Waals surface area contributed by atoms with Gasteiger partial charge in [-0.3, -0.25) is 4.79 Å². The minimum atomic E-state index is -0.146. The van der Waals surface area contributed by atoms with Crippen LogP contribution in [0.3, 0.4) is 0 Å². The molecule has 0 aliphatic heterocycles. The third kappa shape index (κ3) is 3.75. The van der Waals surface area contributed by atoms with Crippen molar-refractivity contribution in [1.29, 1.82) is 0 Å². The molecule has 0 aliphatic carbocycles. The number of rotatable bonds is 4. The minimum Gasteiger partial charge on any atom is -0.495 e. The van der Waals surface area contributed by atoms with Crippen molar-refractivity contribution in [2.45, 2.75) is 33.2 Å². The quantitative estimate of drug-likeness (QED) is 0.840. The monoisotopic (exact) mass is 236 g/mol. The number of ether oxygens (including phenoxy) is 1. The summed E-state index contributed by atoms with van der Waals surface area (Å²) in [4.78, 5) is 11.6. The van der Waals surface area contributed by atoms with Crippen LogP contribution >= 0.6 is 0 Å². The zero-order valence-corrected chi connectivity index (χ0v) is 10.8. The lowest BCUT2D eigenvalue weighted by atomic mass is 10.1. The Hall–Kier alpha value is -1.55. The number of methoxy groups -OCH3 is 1. The van der Waals surface area contributed by atoms with Gasteiger partial charge in [0.2, 0.25) is 5.91 Å². The Kier molecular flexibility index (Phi) is 4.52. The van der Waals surface area contributed by atoms with Crippen LogP contribution in [0, 0.1) is 13.8 Å². The zero-order valence-electron chi connectivity index (χ0n) is 10.8. The van der Waals surface area contributed by atoms with Gasteiger partial charge in [0.15, 0.2) is 0 Å². The summed E-state index contributed by atoms with van der Waals surface area (Å²) in [7, 11) is 1.59.